The van der Waals surface area contributed by atoms with Gasteiger partial charge in [0, 0.05) is 6.54 Å². The second-order valence-electron chi connectivity index (χ2n) is 5.30. The minimum atomic E-state index is -0.581. The van der Waals surface area contributed by atoms with Crippen LogP contribution in [-0.4, -0.2) is 40.4 Å². The SMILES string of the molecule is COC(=O)c1cnc(C(=O)N2CCCCC2c2ccco2)cn1. The maximum atomic E-state index is 12.7. The number of rotatable bonds is 3. The number of piperidine rings is 1. The van der Waals surface area contributed by atoms with E-state index in [0.717, 1.165) is 25.0 Å². The summed E-state index contributed by atoms with van der Waals surface area (Å²) in [5, 5.41) is 0. The molecule has 1 amide bonds. The van der Waals surface area contributed by atoms with E-state index in [4.69, 9.17) is 4.42 Å². The number of carbonyl (C=O) groups is 2. The van der Waals surface area contributed by atoms with Crippen molar-refractivity contribution >= 4 is 11.9 Å². The van der Waals surface area contributed by atoms with Gasteiger partial charge in [0.2, 0.25) is 0 Å². The molecular formula is C16H17N3O4. The van der Waals surface area contributed by atoms with Gasteiger partial charge < -0.3 is 14.1 Å². The monoisotopic (exact) mass is 315 g/mol. The third kappa shape index (κ3) is 3.08. The minimum absolute atomic E-state index is 0.0743. The molecule has 3 heterocycles. The number of carbonyl (C=O) groups excluding carboxylic acids is 2. The van der Waals surface area contributed by atoms with E-state index in [0.29, 0.717) is 6.54 Å². The Bertz CT molecular complexity index is 682. The summed E-state index contributed by atoms with van der Waals surface area (Å²) in [5.41, 5.74) is 0.279. The summed E-state index contributed by atoms with van der Waals surface area (Å²) in [4.78, 5) is 33.8. The van der Waals surface area contributed by atoms with Gasteiger partial charge in [-0.1, -0.05) is 0 Å². The first-order valence-electron chi connectivity index (χ1n) is 7.45. The van der Waals surface area contributed by atoms with Gasteiger partial charge in [-0.15, -0.1) is 0 Å². The highest BCUT2D eigenvalue weighted by Gasteiger charge is 2.31. The summed E-state index contributed by atoms with van der Waals surface area (Å²) < 4.78 is 10.0. The smallest absolute Gasteiger partial charge is 0.358 e. The molecule has 1 atom stereocenters. The summed E-state index contributed by atoms with van der Waals surface area (Å²) in [6, 6.07) is 3.60. The van der Waals surface area contributed by atoms with E-state index in [2.05, 4.69) is 14.7 Å². The first-order valence-corrected chi connectivity index (χ1v) is 7.45. The molecule has 7 nitrogen and oxygen atoms in total. The lowest BCUT2D eigenvalue weighted by atomic mass is 9.99. The highest BCUT2D eigenvalue weighted by molar-refractivity contribution is 5.93. The van der Waals surface area contributed by atoms with Crippen LogP contribution in [0.25, 0.3) is 0 Å². The average molecular weight is 315 g/mol. The van der Waals surface area contributed by atoms with Crippen molar-refractivity contribution in [2.45, 2.75) is 25.3 Å². The van der Waals surface area contributed by atoms with Crippen molar-refractivity contribution in [2.24, 2.45) is 0 Å². The Morgan fingerprint density at radius 1 is 1.26 bits per heavy atom. The molecule has 0 saturated carbocycles. The maximum Gasteiger partial charge on any atom is 0.358 e. The van der Waals surface area contributed by atoms with E-state index in [1.807, 2.05) is 12.1 Å². The van der Waals surface area contributed by atoms with Crippen molar-refractivity contribution in [3.05, 3.63) is 47.9 Å². The quantitative estimate of drug-likeness (QED) is 0.807. The number of hydrogen-bond donors (Lipinski definition) is 0. The van der Waals surface area contributed by atoms with Crippen molar-refractivity contribution in [2.75, 3.05) is 13.7 Å². The molecule has 0 N–H and O–H groups in total. The Kier molecular flexibility index (Phi) is 4.36. The van der Waals surface area contributed by atoms with E-state index >= 15 is 0 Å². The molecule has 1 aliphatic heterocycles. The first-order chi connectivity index (χ1) is 11.2. The third-order valence-electron chi connectivity index (χ3n) is 3.90. The molecule has 1 fully saturated rings. The third-order valence-corrected chi connectivity index (χ3v) is 3.90. The topological polar surface area (TPSA) is 85.5 Å². The van der Waals surface area contributed by atoms with Crippen molar-refractivity contribution in [3.8, 4) is 0 Å². The molecule has 1 saturated heterocycles. The maximum absolute atomic E-state index is 12.7. The van der Waals surface area contributed by atoms with Crippen LogP contribution in [0.4, 0.5) is 0 Å². The van der Waals surface area contributed by atoms with Crippen molar-refractivity contribution < 1.29 is 18.7 Å². The highest BCUT2D eigenvalue weighted by Crippen LogP contribution is 2.32. The van der Waals surface area contributed by atoms with Crippen LogP contribution in [0.1, 0.15) is 52.0 Å². The average Bonchev–Trinajstić information content (AvgIpc) is 3.15. The molecule has 2 aromatic heterocycles. The molecule has 3 rings (SSSR count). The molecule has 1 aliphatic rings. The molecule has 120 valence electrons. The van der Waals surface area contributed by atoms with Gasteiger partial charge >= 0.3 is 5.97 Å². The number of furan rings is 1. The van der Waals surface area contributed by atoms with Crippen molar-refractivity contribution in [1.82, 2.24) is 14.9 Å². The molecule has 0 radical (unpaired) electrons. The molecule has 0 aromatic carbocycles. The standard InChI is InChI=1S/C16H17N3O4/c1-22-16(21)12-10-17-11(9-18-12)15(20)19-7-3-2-5-13(19)14-6-4-8-23-14/h4,6,8-10,13H,2-3,5,7H2,1H3. The van der Waals surface area contributed by atoms with Crippen LogP contribution < -0.4 is 0 Å². The normalized spacial score (nSPS) is 17.8. The fourth-order valence-corrected chi connectivity index (χ4v) is 2.75. The Labute approximate surface area is 133 Å². The Balaban J connectivity index is 1.81. The van der Waals surface area contributed by atoms with Gasteiger partial charge in [-0.3, -0.25) is 4.79 Å². The fourth-order valence-electron chi connectivity index (χ4n) is 2.75. The Morgan fingerprint density at radius 2 is 2.04 bits per heavy atom. The molecule has 1 unspecified atom stereocenters. The lowest BCUT2D eigenvalue weighted by molar-refractivity contribution is 0.0565. The molecule has 0 spiro atoms. The summed E-state index contributed by atoms with van der Waals surface area (Å²) >= 11 is 0. The second kappa shape index (κ2) is 6.60. The van der Waals surface area contributed by atoms with Crippen LogP contribution in [0.3, 0.4) is 0 Å². The number of methoxy groups -OCH3 is 1. The fraction of sp³-hybridized carbons (Fsp3) is 0.375. The van der Waals surface area contributed by atoms with Gasteiger partial charge in [0.25, 0.3) is 5.91 Å². The lowest BCUT2D eigenvalue weighted by Crippen LogP contribution is -2.38. The van der Waals surface area contributed by atoms with Gasteiger partial charge in [0.1, 0.15) is 11.5 Å². The van der Waals surface area contributed by atoms with E-state index in [1.165, 1.54) is 19.5 Å². The number of ether oxygens (including phenoxy) is 1. The highest BCUT2D eigenvalue weighted by atomic mass is 16.5. The van der Waals surface area contributed by atoms with E-state index in [-0.39, 0.29) is 23.3 Å². The molecule has 23 heavy (non-hydrogen) atoms. The molecule has 2 aromatic rings. The van der Waals surface area contributed by atoms with Crippen molar-refractivity contribution in [1.29, 1.82) is 0 Å². The predicted octanol–water partition coefficient (Wildman–Crippen LogP) is 2.22. The van der Waals surface area contributed by atoms with Gasteiger partial charge in [-0.2, -0.15) is 0 Å². The van der Waals surface area contributed by atoms with E-state index < -0.39 is 5.97 Å². The first kappa shape index (κ1) is 15.2. The zero-order valence-electron chi connectivity index (χ0n) is 12.8. The van der Waals surface area contributed by atoms with E-state index in [1.54, 1.807) is 11.2 Å². The second-order valence-corrected chi connectivity index (χ2v) is 5.30. The predicted molar refractivity (Wildman–Crippen MR) is 79.7 cm³/mol. The molecule has 0 aliphatic carbocycles. The number of esters is 1. The lowest BCUT2D eigenvalue weighted by Gasteiger charge is -2.34. The number of hydrogen-bond acceptors (Lipinski definition) is 6. The Hall–Kier alpha value is -2.70. The van der Waals surface area contributed by atoms with Crippen LogP contribution in [0, 0.1) is 0 Å². The van der Waals surface area contributed by atoms with Crippen LogP contribution >= 0.6 is 0 Å². The van der Waals surface area contributed by atoms with Crippen LogP contribution in [0.5, 0.6) is 0 Å². The molecular weight excluding hydrogens is 298 g/mol. The molecule has 7 heteroatoms. The minimum Gasteiger partial charge on any atom is -0.467 e. The van der Waals surface area contributed by atoms with Gasteiger partial charge in [0.15, 0.2) is 5.69 Å². The number of amides is 1. The van der Waals surface area contributed by atoms with E-state index in [9.17, 15) is 9.59 Å². The zero-order chi connectivity index (χ0) is 16.2. The molecule has 0 bridgehead atoms. The largest absolute Gasteiger partial charge is 0.467 e. The number of nitrogens with zero attached hydrogens (tertiary/aromatic N) is 3. The zero-order valence-corrected chi connectivity index (χ0v) is 12.8. The van der Waals surface area contributed by atoms with Crippen LogP contribution in [-0.2, 0) is 4.74 Å². The summed E-state index contributed by atoms with van der Waals surface area (Å²) in [7, 11) is 1.27. The number of likely N-dealkylation sites (tertiary alicyclic amines) is 1. The number of aromatic nitrogens is 2. The summed E-state index contributed by atoms with van der Waals surface area (Å²) in [6.45, 7) is 0.643. The van der Waals surface area contributed by atoms with Crippen LogP contribution in [0.2, 0.25) is 0 Å². The van der Waals surface area contributed by atoms with Crippen LogP contribution in [0.15, 0.2) is 35.2 Å². The Morgan fingerprint density at radius 3 is 2.70 bits per heavy atom. The summed E-state index contributed by atoms with van der Waals surface area (Å²) in [5.74, 6) is -0.0184. The van der Waals surface area contributed by atoms with Gasteiger partial charge in [-0.25, -0.2) is 14.8 Å². The summed E-state index contributed by atoms with van der Waals surface area (Å²) in [6.07, 6.45) is 7.01. The van der Waals surface area contributed by atoms with Crippen molar-refractivity contribution in [3.63, 3.8) is 0 Å². The van der Waals surface area contributed by atoms with Gasteiger partial charge in [0.05, 0.1) is 31.8 Å². The van der Waals surface area contributed by atoms with Gasteiger partial charge in [-0.05, 0) is 31.4 Å².